The Morgan fingerprint density at radius 2 is 1.92 bits per heavy atom. The van der Waals surface area contributed by atoms with Crippen LogP contribution < -0.4 is 0 Å². The molecule has 0 aromatic rings. The van der Waals surface area contributed by atoms with Crippen LogP contribution in [0.1, 0.15) is 19.8 Å². The summed E-state index contributed by atoms with van der Waals surface area (Å²) in [4.78, 5) is 23.2. The van der Waals surface area contributed by atoms with Gasteiger partial charge in [0.05, 0.1) is 6.10 Å². The van der Waals surface area contributed by atoms with Crippen molar-refractivity contribution in [2.45, 2.75) is 25.9 Å². The standard InChI is InChI=1S/C9H13NO3/c1-7(11)3-2-6-10-8(12)4-5-9(10)13/h4-5,7,11H,2-3,6H2,1H3. The maximum Gasteiger partial charge on any atom is 0.253 e. The van der Waals surface area contributed by atoms with E-state index < -0.39 is 0 Å². The molecule has 0 aliphatic carbocycles. The molecular formula is C9H13NO3. The molecule has 13 heavy (non-hydrogen) atoms. The number of hydrogen-bond acceptors (Lipinski definition) is 3. The topological polar surface area (TPSA) is 57.6 Å². The van der Waals surface area contributed by atoms with Crippen LogP contribution in [0.2, 0.25) is 0 Å². The lowest BCUT2D eigenvalue weighted by Crippen LogP contribution is -2.31. The zero-order chi connectivity index (χ0) is 9.84. The summed E-state index contributed by atoms with van der Waals surface area (Å²) in [5.41, 5.74) is 0. The molecule has 0 radical (unpaired) electrons. The van der Waals surface area contributed by atoms with Crippen molar-refractivity contribution in [1.82, 2.24) is 4.90 Å². The summed E-state index contributed by atoms with van der Waals surface area (Å²) in [6.45, 7) is 2.08. The molecule has 72 valence electrons. The van der Waals surface area contributed by atoms with E-state index in [-0.39, 0.29) is 17.9 Å². The Hall–Kier alpha value is -1.16. The van der Waals surface area contributed by atoms with E-state index in [2.05, 4.69) is 0 Å². The molecule has 1 aliphatic heterocycles. The molecule has 0 saturated heterocycles. The highest BCUT2D eigenvalue weighted by Gasteiger charge is 2.22. The van der Waals surface area contributed by atoms with Crippen molar-refractivity contribution < 1.29 is 14.7 Å². The number of carbonyl (C=O) groups is 2. The van der Waals surface area contributed by atoms with Gasteiger partial charge in [-0.05, 0) is 19.8 Å². The number of hydrogen-bond donors (Lipinski definition) is 1. The maximum absolute atomic E-state index is 11.0. The van der Waals surface area contributed by atoms with E-state index in [1.54, 1.807) is 6.92 Å². The molecule has 1 N–H and O–H groups in total. The van der Waals surface area contributed by atoms with Gasteiger partial charge in [0, 0.05) is 18.7 Å². The normalized spacial score (nSPS) is 18.5. The smallest absolute Gasteiger partial charge is 0.253 e. The average Bonchev–Trinajstić information content (AvgIpc) is 2.34. The molecule has 0 fully saturated rings. The number of amides is 2. The van der Waals surface area contributed by atoms with Crippen LogP contribution in [0, 0.1) is 0 Å². The van der Waals surface area contributed by atoms with Gasteiger partial charge < -0.3 is 5.11 Å². The molecule has 1 rings (SSSR count). The van der Waals surface area contributed by atoms with E-state index in [4.69, 9.17) is 5.11 Å². The second-order valence-electron chi connectivity index (χ2n) is 3.15. The Kier molecular flexibility index (Phi) is 3.19. The first-order chi connectivity index (χ1) is 6.11. The van der Waals surface area contributed by atoms with Crippen LogP contribution in [0.3, 0.4) is 0 Å². The number of rotatable bonds is 4. The summed E-state index contributed by atoms with van der Waals surface area (Å²) in [6, 6.07) is 0. The van der Waals surface area contributed by atoms with Crippen molar-refractivity contribution in [3.8, 4) is 0 Å². The third-order valence-corrected chi connectivity index (χ3v) is 1.90. The fraction of sp³-hybridized carbons (Fsp3) is 0.556. The highest BCUT2D eigenvalue weighted by Crippen LogP contribution is 2.06. The average molecular weight is 183 g/mol. The molecule has 1 aliphatic rings. The number of carbonyl (C=O) groups excluding carboxylic acids is 2. The first-order valence-corrected chi connectivity index (χ1v) is 4.33. The SMILES string of the molecule is CC(O)CCCN1C(=O)C=CC1=O. The molecule has 0 saturated carbocycles. The molecule has 1 heterocycles. The molecule has 0 aromatic heterocycles. The summed E-state index contributed by atoms with van der Waals surface area (Å²) in [5, 5.41) is 8.95. The third-order valence-electron chi connectivity index (χ3n) is 1.90. The number of aliphatic hydroxyl groups is 1. The molecule has 0 aromatic carbocycles. The predicted octanol–water partition coefficient (Wildman–Crippen LogP) is 0.0724. The van der Waals surface area contributed by atoms with Gasteiger partial charge >= 0.3 is 0 Å². The molecule has 4 heteroatoms. The van der Waals surface area contributed by atoms with Crippen molar-refractivity contribution >= 4 is 11.8 Å². The monoisotopic (exact) mass is 183 g/mol. The molecule has 0 bridgehead atoms. The molecule has 1 atom stereocenters. The number of imide groups is 1. The van der Waals surface area contributed by atoms with Crippen molar-refractivity contribution in [3.05, 3.63) is 12.2 Å². The van der Waals surface area contributed by atoms with Crippen LogP contribution in [0.4, 0.5) is 0 Å². The van der Waals surface area contributed by atoms with Gasteiger partial charge in [-0.2, -0.15) is 0 Å². The van der Waals surface area contributed by atoms with Gasteiger partial charge in [-0.15, -0.1) is 0 Å². The van der Waals surface area contributed by atoms with Gasteiger partial charge in [0.25, 0.3) is 11.8 Å². The first-order valence-electron chi connectivity index (χ1n) is 4.33. The second-order valence-corrected chi connectivity index (χ2v) is 3.15. The summed E-state index contributed by atoms with van der Waals surface area (Å²) in [6.07, 6.45) is 3.42. The van der Waals surface area contributed by atoms with Gasteiger partial charge in [-0.1, -0.05) is 0 Å². The summed E-state index contributed by atoms with van der Waals surface area (Å²) < 4.78 is 0. The Balaban J connectivity index is 2.30. The van der Waals surface area contributed by atoms with E-state index in [9.17, 15) is 9.59 Å². The Morgan fingerprint density at radius 1 is 1.38 bits per heavy atom. The lowest BCUT2D eigenvalue weighted by Gasteiger charge is -2.13. The van der Waals surface area contributed by atoms with Crippen molar-refractivity contribution in [2.75, 3.05) is 6.54 Å². The summed E-state index contributed by atoms with van der Waals surface area (Å²) >= 11 is 0. The van der Waals surface area contributed by atoms with Gasteiger partial charge in [-0.3, -0.25) is 14.5 Å². The fourth-order valence-electron chi connectivity index (χ4n) is 1.20. The van der Waals surface area contributed by atoms with Crippen LogP contribution in [-0.4, -0.2) is 34.5 Å². The van der Waals surface area contributed by atoms with E-state index in [1.807, 2.05) is 0 Å². The highest BCUT2D eigenvalue weighted by molar-refractivity contribution is 6.12. The molecule has 0 spiro atoms. The molecule has 4 nitrogen and oxygen atoms in total. The van der Waals surface area contributed by atoms with Gasteiger partial charge in [-0.25, -0.2) is 0 Å². The van der Waals surface area contributed by atoms with Crippen LogP contribution in [0.5, 0.6) is 0 Å². The highest BCUT2D eigenvalue weighted by atomic mass is 16.3. The van der Waals surface area contributed by atoms with E-state index >= 15 is 0 Å². The van der Waals surface area contributed by atoms with E-state index in [0.29, 0.717) is 19.4 Å². The minimum atomic E-state index is -0.374. The van der Waals surface area contributed by atoms with E-state index in [0.717, 1.165) is 0 Å². The minimum Gasteiger partial charge on any atom is -0.393 e. The van der Waals surface area contributed by atoms with Gasteiger partial charge in [0.1, 0.15) is 0 Å². The lowest BCUT2D eigenvalue weighted by molar-refractivity contribution is -0.136. The quantitative estimate of drug-likeness (QED) is 0.627. The molecule has 2 amide bonds. The maximum atomic E-state index is 11.0. The zero-order valence-electron chi connectivity index (χ0n) is 7.56. The minimum absolute atomic E-state index is 0.254. The zero-order valence-corrected chi connectivity index (χ0v) is 7.56. The predicted molar refractivity (Wildman–Crippen MR) is 46.8 cm³/mol. The Morgan fingerprint density at radius 3 is 2.38 bits per heavy atom. The van der Waals surface area contributed by atoms with Crippen LogP contribution in [0.15, 0.2) is 12.2 Å². The summed E-state index contributed by atoms with van der Waals surface area (Å²) in [5.74, 6) is -0.508. The van der Waals surface area contributed by atoms with Crippen molar-refractivity contribution in [1.29, 1.82) is 0 Å². The Labute approximate surface area is 76.8 Å². The number of nitrogens with zero attached hydrogens (tertiary/aromatic N) is 1. The van der Waals surface area contributed by atoms with Gasteiger partial charge in [0.2, 0.25) is 0 Å². The van der Waals surface area contributed by atoms with Crippen LogP contribution in [0.25, 0.3) is 0 Å². The largest absolute Gasteiger partial charge is 0.393 e. The first kappa shape index (κ1) is 9.92. The summed E-state index contributed by atoms with van der Waals surface area (Å²) in [7, 11) is 0. The third kappa shape index (κ3) is 2.66. The second kappa shape index (κ2) is 4.18. The fourth-order valence-corrected chi connectivity index (χ4v) is 1.20. The van der Waals surface area contributed by atoms with Crippen LogP contribution in [-0.2, 0) is 9.59 Å². The van der Waals surface area contributed by atoms with E-state index in [1.165, 1.54) is 17.1 Å². The van der Waals surface area contributed by atoms with Crippen molar-refractivity contribution in [3.63, 3.8) is 0 Å². The molecular weight excluding hydrogens is 170 g/mol. The van der Waals surface area contributed by atoms with Gasteiger partial charge in [0.15, 0.2) is 0 Å². The van der Waals surface area contributed by atoms with Crippen molar-refractivity contribution in [2.24, 2.45) is 0 Å². The lowest BCUT2D eigenvalue weighted by atomic mass is 10.2. The van der Waals surface area contributed by atoms with Crippen LogP contribution >= 0.6 is 0 Å². The Bertz CT molecular complexity index is 227. The number of aliphatic hydroxyl groups excluding tert-OH is 1. The molecule has 1 unspecified atom stereocenters.